The second-order valence-electron chi connectivity index (χ2n) is 7.73. The van der Waals surface area contributed by atoms with E-state index >= 15 is 0 Å². The molecule has 0 spiro atoms. The minimum Gasteiger partial charge on any atom is -0.496 e. The molecule has 3 rings (SSSR count). The molecule has 0 saturated carbocycles. The lowest BCUT2D eigenvalue weighted by Crippen LogP contribution is -2.56. The van der Waals surface area contributed by atoms with Gasteiger partial charge in [-0.25, -0.2) is 8.78 Å². The third-order valence-corrected chi connectivity index (χ3v) is 5.50. The van der Waals surface area contributed by atoms with Gasteiger partial charge in [0, 0.05) is 31.7 Å². The molecule has 2 amide bonds. The first-order valence-electron chi connectivity index (χ1n) is 10.2. The van der Waals surface area contributed by atoms with E-state index < -0.39 is 23.6 Å². The minimum atomic E-state index is -0.966. The third kappa shape index (κ3) is 5.38. The molecule has 1 fully saturated rings. The van der Waals surface area contributed by atoms with Gasteiger partial charge in [-0.2, -0.15) is 0 Å². The quantitative estimate of drug-likeness (QED) is 0.707. The number of amides is 2. The van der Waals surface area contributed by atoms with Crippen LogP contribution < -0.4 is 15.4 Å². The fourth-order valence-corrected chi connectivity index (χ4v) is 3.71. The van der Waals surface area contributed by atoms with Gasteiger partial charge in [-0.3, -0.25) is 14.5 Å². The molecular weight excluding hydrogens is 404 g/mol. The van der Waals surface area contributed by atoms with Crippen molar-refractivity contribution in [2.75, 3.05) is 20.2 Å². The number of ether oxygens (including phenoxy) is 1. The van der Waals surface area contributed by atoms with Gasteiger partial charge < -0.3 is 15.4 Å². The predicted molar refractivity (Wildman–Crippen MR) is 112 cm³/mol. The van der Waals surface area contributed by atoms with Gasteiger partial charge in [0.2, 0.25) is 11.8 Å². The summed E-state index contributed by atoms with van der Waals surface area (Å²) in [5, 5.41) is 5.38. The van der Waals surface area contributed by atoms with E-state index in [1.807, 2.05) is 30.0 Å². The number of piperazine rings is 1. The smallest absolute Gasteiger partial charge is 0.237 e. The van der Waals surface area contributed by atoms with E-state index in [1.165, 1.54) is 19.1 Å². The Labute approximate surface area is 180 Å². The summed E-state index contributed by atoms with van der Waals surface area (Å²) in [5.74, 6) is -1.72. The van der Waals surface area contributed by atoms with E-state index in [-0.39, 0.29) is 30.0 Å². The zero-order valence-corrected chi connectivity index (χ0v) is 17.9. The van der Waals surface area contributed by atoms with Crippen LogP contribution in [0.15, 0.2) is 30.3 Å². The molecule has 1 heterocycles. The topological polar surface area (TPSA) is 70.7 Å². The molecule has 2 aromatic rings. The van der Waals surface area contributed by atoms with Crippen molar-refractivity contribution in [3.8, 4) is 5.75 Å². The lowest BCUT2D eigenvalue weighted by atomic mass is 10.0. The number of aryl methyl sites for hydroxylation is 2. The van der Waals surface area contributed by atoms with Crippen molar-refractivity contribution in [3.05, 3.63) is 64.2 Å². The molecule has 31 heavy (non-hydrogen) atoms. The number of methoxy groups -OCH3 is 1. The third-order valence-electron chi connectivity index (χ3n) is 5.50. The minimum absolute atomic E-state index is 0.0649. The van der Waals surface area contributed by atoms with Gasteiger partial charge in [0.1, 0.15) is 5.75 Å². The molecule has 1 aliphatic rings. The van der Waals surface area contributed by atoms with Crippen LogP contribution >= 0.6 is 0 Å². The highest BCUT2D eigenvalue weighted by molar-refractivity contribution is 5.88. The Kier molecular flexibility index (Phi) is 7.22. The van der Waals surface area contributed by atoms with Crippen molar-refractivity contribution in [2.24, 2.45) is 0 Å². The molecule has 0 radical (unpaired) electrons. The number of rotatable bonds is 7. The van der Waals surface area contributed by atoms with Crippen LogP contribution in [0, 0.1) is 25.5 Å². The Bertz CT molecular complexity index is 981. The summed E-state index contributed by atoms with van der Waals surface area (Å²) in [6.45, 7) is 4.89. The maximum absolute atomic E-state index is 14.0. The van der Waals surface area contributed by atoms with Crippen LogP contribution in [0.1, 0.15) is 28.7 Å². The molecule has 0 bridgehead atoms. The van der Waals surface area contributed by atoms with Gasteiger partial charge in [-0.1, -0.05) is 24.3 Å². The number of nitrogens with one attached hydrogen (secondary N) is 2. The lowest BCUT2D eigenvalue weighted by molar-refractivity contribution is -0.134. The summed E-state index contributed by atoms with van der Waals surface area (Å²) in [6, 6.07) is 8.08. The number of hydrogen-bond donors (Lipinski definition) is 2. The second kappa shape index (κ2) is 9.87. The highest BCUT2D eigenvalue weighted by Gasteiger charge is 2.31. The zero-order valence-electron chi connectivity index (χ0n) is 17.9. The van der Waals surface area contributed by atoms with Crippen molar-refractivity contribution >= 4 is 11.8 Å². The molecule has 2 N–H and O–H groups in total. The average molecular weight is 431 g/mol. The van der Waals surface area contributed by atoms with Crippen molar-refractivity contribution < 1.29 is 23.1 Å². The fraction of sp³-hybridized carbons (Fsp3) is 0.391. The number of carbonyl (C=O) groups excluding carboxylic acids is 2. The highest BCUT2D eigenvalue weighted by Crippen LogP contribution is 2.21. The van der Waals surface area contributed by atoms with Crippen molar-refractivity contribution in [3.63, 3.8) is 0 Å². The number of carbonyl (C=O) groups is 2. The van der Waals surface area contributed by atoms with Gasteiger partial charge >= 0.3 is 0 Å². The Hall–Kier alpha value is -3.00. The SMILES string of the molecule is COc1ccc(CN2CCNC(=O)C2CC(=O)NCc2ccc(C)c(F)c2F)cc1C. The molecule has 1 aliphatic heterocycles. The molecule has 166 valence electrons. The largest absolute Gasteiger partial charge is 0.496 e. The summed E-state index contributed by atoms with van der Waals surface area (Å²) in [7, 11) is 1.61. The molecule has 0 aliphatic carbocycles. The molecule has 1 unspecified atom stereocenters. The van der Waals surface area contributed by atoms with Gasteiger partial charge in [0.05, 0.1) is 19.6 Å². The van der Waals surface area contributed by atoms with Gasteiger partial charge in [-0.05, 0) is 36.6 Å². The van der Waals surface area contributed by atoms with E-state index in [1.54, 1.807) is 7.11 Å². The van der Waals surface area contributed by atoms with Crippen LogP contribution in [0.2, 0.25) is 0 Å². The van der Waals surface area contributed by atoms with Crippen LogP contribution in [0.25, 0.3) is 0 Å². The number of hydrogen-bond acceptors (Lipinski definition) is 4. The van der Waals surface area contributed by atoms with Crippen LogP contribution in [-0.2, 0) is 22.7 Å². The molecule has 8 heteroatoms. The standard InChI is InChI=1S/C23H27F2N3O3/c1-14-4-6-17(22(25)21(14)24)12-27-20(29)11-18-23(30)26-8-9-28(18)13-16-5-7-19(31-3)15(2)10-16/h4-7,10,18H,8-9,11-13H2,1-3H3,(H,26,30)(H,27,29). The summed E-state index contributed by atoms with van der Waals surface area (Å²) in [6.07, 6.45) is -0.0725. The summed E-state index contributed by atoms with van der Waals surface area (Å²) < 4.78 is 33.0. The number of nitrogens with zero attached hydrogens (tertiary/aromatic N) is 1. The van der Waals surface area contributed by atoms with E-state index in [0.717, 1.165) is 16.9 Å². The normalized spacial score (nSPS) is 16.7. The Morgan fingerprint density at radius 2 is 1.97 bits per heavy atom. The monoisotopic (exact) mass is 431 g/mol. The van der Waals surface area contributed by atoms with Crippen LogP contribution in [0.3, 0.4) is 0 Å². The number of halogens is 2. The Balaban J connectivity index is 1.64. The van der Waals surface area contributed by atoms with E-state index in [0.29, 0.717) is 19.6 Å². The van der Waals surface area contributed by atoms with E-state index in [9.17, 15) is 18.4 Å². The van der Waals surface area contributed by atoms with Crippen LogP contribution in [0.5, 0.6) is 5.75 Å². The first-order valence-corrected chi connectivity index (χ1v) is 10.2. The summed E-state index contributed by atoms with van der Waals surface area (Å²) in [4.78, 5) is 26.9. The molecule has 2 aromatic carbocycles. The zero-order chi connectivity index (χ0) is 22.5. The maximum atomic E-state index is 14.0. The predicted octanol–water partition coefficient (Wildman–Crippen LogP) is 2.60. The maximum Gasteiger partial charge on any atom is 0.237 e. The molecule has 6 nitrogen and oxygen atoms in total. The molecule has 1 saturated heterocycles. The first-order chi connectivity index (χ1) is 14.8. The van der Waals surface area contributed by atoms with Crippen molar-refractivity contribution in [1.82, 2.24) is 15.5 Å². The summed E-state index contributed by atoms with van der Waals surface area (Å²) in [5.41, 5.74) is 2.27. The van der Waals surface area contributed by atoms with Gasteiger partial charge in [0.25, 0.3) is 0 Å². The number of benzene rings is 2. The van der Waals surface area contributed by atoms with E-state index in [4.69, 9.17) is 4.74 Å². The molecule has 0 aromatic heterocycles. The molecule has 1 atom stereocenters. The average Bonchev–Trinajstić information content (AvgIpc) is 2.74. The second-order valence-corrected chi connectivity index (χ2v) is 7.73. The Morgan fingerprint density at radius 1 is 1.19 bits per heavy atom. The highest BCUT2D eigenvalue weighted by atomic mass is 19.2. The van der Waals surface area contributed by atoms with Crippen molar-refractivity contribution in [1.29, 1.82) is 0 Å². The van der Waals surface area contributed by atoms with Crippen LogP contribution in [-0.4, -0.2) is 43.0 Å². The lowest BCUT2D eigenvalue weighted by Gasteiger charge is -2.34. The Morgan fingerprint density at radius 3 is 2.68 bits per heavy atom. The van der Waals surface area contributed by atoms with Crippen LogP contribution in [0.4, 0.5) is 8.78 Å². The fourth-order valence-electron chi connectivity index (χ4n) is 3.71. The van der Waals surface area contributed by atoms with Crippen molar-refractivity contribution in [2.45, 2.75) is 39.4 Å². The first kappa shape index (κ1) is 22.7. The summed E-state index contributed by atoms with van der Waals surface area (Å²) >= 11 is 0. The molecular formula is C23H27F2N3O3. The van der Waals surface area contributed by atoms with Gasteiger partial charge in [0.15, 0.2) is 11.6 Å². The van der Waals surface area contributed by atoms with E-state index in [2.05, 4.69) is 10.6 Å². The van der Waals surface area contributed by atoms with Gasteiger partial charge in [-0.15, -0.1) is 0 Å².